The van der Waals surface area contributed by atoms with Crippen molar-refractivity contribution in [2.24, 2.45) is 0 Å². The number of aliphatic hydroxyl groups is 1. The summed E-state index contributed by atoms with van der Waals surface area (Å²) in [6.07, 6.45) is 10.5. The van der Waals surface area contributed by atoms with Crippen molar-refractivity contribution in [2.75, 3.05) is 0 Å². The van der Waals surface area contributed by atoms with Crippen LogP contribution in [0.4, 0.5) is 0 Å². The van der Waals surface area contributed by atoms with Gasteiger partial charge in [-0.15, -0.1) is 0 Å². The molecule has 102 valence electrons. The van der Waals surface area contributed by atoms with Gasteiger partial charge in [-0.05, 0) is 25.7 Å². The van der Waals surface area contributed by atoms with Gasteiger partial charge in [0, 0.05) is 5.97 Å². The van der Waals surface area contributed by atoms with Gasteiger partial charge in [-0.25, -0.2) is 0 Å². The van der Waals surface area contributed by atoms with E-state index in [9.17, 15) is 15.0 Å². The molecule has 3 heteroatoms. The van der Waals surface area contributed by atoms with Crippen LogP contribution in [-0.4, -0.2) is 17.2 Å². The zero-order valence-corrected chi connectivity index (χ0v) is 11.1. The van der Waals surface area contributed by atoms with Crippen LogP contribution in [0.2, 0.25) is 0 Å². The minimum absolute atomic E-state index is 0.108. The van der Waals surface area contributed by atoms with Crippen molar-refractivity contribution < 1.29 is 15.0 Å². The maximum atomic E-state index is 10.2. The van der Waals surface area contributed by atoms with E-state index in [-0.39, 0.29) is 12.5 Å². The molecule has 1 atom stereocenters. The molecule has 1 N–H and O–H groups in total. The molecule has 0 saturated heterocycles. The smallest absolute Gasteiger partial charge is 0.0540 e. The standard InChI is InChI=1S/C14H28O3/c1-2-10-13(15)11-8-6-4-3-5-7-9-12-14(16)17/h13,15H,2-12H2,1H3,(H,16,17)/p-1. The molecule has 0 amide bonds. The molecule has 17 heavy (non-hydrogen) atoms. The molecule has 0 spiro atoms. The van der Waals surface area contributed by atoms with Gasteiger partial charge in [-0.2, -0.15) is 0 Å². The summed E-state index contributed by atoms with van der Waals surface area (Å²) in [5, 5.41) is 19.7. The van der Waals surface area contributed by atoms with Gasteiger partial charge in [-0.1, -0.05) is 51.9 Å². The van der Waals surface area contributed by atoms with Crippen LogP contribution in [0.5, 0.6) is 0 Å². The summed E-state index contributed by atoms with van der Waals surface area (Å²) in [6.45, 7) is 2.09. The van der Waals surface area contributed by atoms with Gasteiger partial charge in [0.25, 0.3) is 0 Å². The Kier molecular flexibility index (Phi) is 11.5. The van der Waals surface area contributed by atoms with Crippen molar-refractivity contribution in [3.8, 4) is 0 Å². The minimum atomic E-state index is -0.935. The van der Waals surface area contributed by atoms with Crippen LogP contribution in [-0.2, 0) is 4.79 Å². The normalized spacial score (nSPS) is 12.6. The number of aliphatic hydroxyl groups excluding tert-OH is 1. The fraction of sp³-hybridized carbons (Fsp3) is 0.929. The number of carbonyl (C=O) groups excluding carboxylic acids is 1. The Balaban J connectivity index is 3.05. The maximum Gasteiger partial charge on any atom is 0.0540 e. The van der Waals surface area contributed by atoms with Crippen molar-refractivity contribution in [3.05, 3.63) is 0 Å². The molecule has 0 aromatic heterocycles. The maximum absolute atomic E-state index is 10.2. The lowest BCUT2D eigenvalue weighted by Crippen LogP contribution is -2.21. The topological polar surface area (TPSA) is 60.4 Å². The SMILES string of the molecule is CCCC(O)CCCCCCCCCC(=O)[O-]. The molecular weight excluding hydrogens is 216 g/mol. The quantitative estimate of drug-likeness (QED) is 0.535. The lowest BCUT2D eigenvalue weighted by Gasteiger charge is -2.08. The molecule has 0 aliphatic carbocycles. The molecule has 0 rings (SSSR count). The zero-order valence-electron chi connectivity index (χ0n) is 11.1. The summed E-state index contributed by atoms with van der Waals surface area (Å²) >= 11 is 0. The number of carbonyl (C=O) groups is 1. The predicted molar refractivity (Wildman–Crippen MR) is 67.5 cm³/mol. The van der Waals surface area contributed by atoms with E-state index in [1.54, 1.807) is 0 Å². The van der Waals surface area contributed by atoms with E-state index in [1.165, 1.54) is 19.3 Å². The number of carboxylic acids is 1. The fourth-order valence-corrected chi connectivity index (χ4v) is 2.01. The van der Waals surface area contributed by atoms with Crippen LogP contribution < -0.4 is 5.11 Å². The summed E-state index contributed by atoms with van der Waals surface area (Å²) in [5.74, 6) is -0.935. The van der Waals surface area contributed by atoms with Crippen molar-refractivity contribution in [1.82, 2.24) is 0 Å². The Morgan fingerprint density at radius 2 is 1.53 bits per heavy atom. The molecule has 0 heterocycles. The highest BCUT2D eigenvalue weighted by atomic mass is 16.4. The van der Waals surface area contributed by atoms with Gasteiger partial charge in [0.2, 0.25) is 0 Å². The van der Waals surface area contributed by atoms with E-state index in [0.29, 0.717) is 0 Å². The first-order valence-electron chi connectivity index (χ1n) is 7.04. The third-order valence-electron chi connectivity index (χ3n) is 3.04. The minimum Gasteiger partial charge on any atom is -0.550 e. The van der Waals surface area contributed by atoms with Crippen LogP contribution in [0.1, 0.15) is 77.6 Å². The van der Waals surface area contributed by atoms with Crippen molar-refractivity contribution in [2.45, 2.75) is 83.7 Å². The first-order valence-corrected chi connectivity index (χ1v) is 7.04. The molecule has 0 radical (unpaired) electrons. The molecule has 0 fully saturated rings. The molecule has 3 nitrogen and oxygen atoms in total. The van der Waals surface area contributed by atoms with Crippen molar-refractivity contribution in [3.63, 3.8) is 0 Å². The van der Waals surface area contributed by atoms with E-state index in [4.69, 9.17) is 0 Å². The Hall–Kier alpha value is -0.570. The summed E-state index contributed by atoms with van der Waals surface area (Å²) in [6, 6.07) is 0. The van der Waals surface area contributed by atoms with Gasteiger partial charge in [0.1, 0.15) is 0 Å². The van der Waals surface area contributed by atoms with Crippen LogP contribution in [0.3, 0.4) is 0 Å². The molecule has 0 aromatic carbocycles. The Morgan fingerprint density at radius 1 is 1.00 bits per heavy atom. The Morgan fingerprint density at radius 3 is 2.06 bits per heavy atom. The third-order valence-corrected chi connectivity index (χ3v) is 3.04. The third kappa shape index (κ3) is 13.4. The first kappa shape index (κ1) is 16.4. The monoisotopic (exact) mass is 243 g/mol. The van der Waals surface area contributed by atoms with Crippen molar-refractivity contribution in [1.29, 1.82) is 0 Å². The lowest BCUT2D eigenvalue weighted by molar-refractivity contribution is -0.305. The molecule has 0 aliphatic rings. The average Bonchev–Trinajstić information content (AvgIpc) is 2.27. The predicted octanol–water partition coefficient (Wildman–Crippen LogP) is 2.41. The molecule has 0 aliphatic heterocycles. The summed E-state index contributed by atoms with van der Waals surface area (Å²) < 4.78 is 0. The van der Waals surface area contributed by atoms with Crippen LogP contribution in [0.25, 0.3) is 0 Å². The van der Waals surface area contributed by atoms with E-state index >= 15 is 0 Å². The highest BCUT2D eigenvalue weighted by molar-refractivity contribution is 5.63. The highest BCUT2D eigenvalue weighted by Gasteiger charge is 2.01. The van der Waals surface area contributed by atoms with Gasteiger partial charge >= 0.3 is 0 Å². The number of hydrogen-bond acceptors (Lipinski definition) is 3. The van der Waals surface area contributed by atoms with Gasteiger partial charge in [0.15, 0.2) is 0 Å². The van der Waals surface area contributed by atoms with Gasteiger partial charge in [-0.3, -0.25) is 0 Å². The second kappa shape index (κ2) is 11.9. The zero-order chi connectivity index (χ0) is 12.9. The number of unbranched alkanes of at least 4 members (excludes halogenated alkanes) is 6. The van der Waals surface area contributed by atoms with E-state index in [0.717, 1.165) is 44.9 Å². The lowest BCUT2D eigenvalue weighted by atomic mass is 10.0. The number of carboxylic acid groups (broad SMARTS) is 1. The largest absolute Gasteiger partial charge is 0.550 e. The Labute approximate surface area is 105 Å². The van der Waals surface area contributed by atoms with Crippen LogP contribution in [0.15, 0.2) is 0 Å². The van der Waals surface area contributed by atoms with E-state index in [1.807, 2.05) is 0 Å². The van der Waals surface area contributed by atoms with Crippen LogP contribution in [0, 0.1) is 0 Å². The van der Waals surface area contributed by atoms with E-state index < -0.39 is 5.97 Å². The van der Waals surface area contributed by atoms with Gasteiger partial charge in [0.05, 0.1) is 6.10 Å². The first-order chi connectivity index (χ1) is 8.16. The molecular formula is C14H27O3-. The Bertz CT molecular complexity index is 180. The molecule has 0 aromatic rings. The highest BCUT2D eigenvalue weighted by Crippen LogP contribution is 2.12. The van der Waals surface area contributed by atoms with Crippen molar-refractivity contribution >= 4 is 5.97 Å². The molecule has 1 unspecified atom stereocenters. The molecule has 0 bridgehead atoms. The van der Waals surface area contributed by atoms with Crippen LogP contribution >= 0.6 is 0 Å². The second-order valence-corrected chi connectivity index (χ2v) is 4.83. The average molecular weight is 243 g/mol. The summed E-state index contributed by atoms with van der Waals surface area (Å²) in [4.78, 5) is 10.2. The summed E-state index contributed by atoms with van der Waals surface area (Å²) in [5.41, 5.74) is 0. The summed E-state index contributed by atoms with van der Waals surface area (Å²) in [7, 11) is 0. The number of hydrogen-bond donors (Lipinski definition) is 1. The number of rotatable bonds is 12. The van der Waals surface area contributed by atoms with E-state index in [2.05, 4.69) is 6.92 Å². The second-order valence-electron chi connectivity index (χ2n) is 4.83. The number of aliphatic carboxylic acids is 1. The molecule has 0 saturated carbocycles. The fourth-order valence-electron chi connectivity index (χ4n) is 2.01. The van der Waals surface area contributed by atoms with Gasteiger partial charge < -0.3 is 15.0 Å².